The molecule has 0 bridgehead atoms. The van der Waals surface area contributed by atoms with Gasteiger partial charge in [0.25, 0.3) is 5.91 Å². The number of ether oxygens (including phenoxy) is 1. The number of carbonyl (C=O) groups is 3. The molecule has 0 aliphatic rings. The second-order valence-electron chi connectivity index (χ2n) is 4.63. The van der Waals surface area contributed by atoms with Gasteiger partial charge in [0.1, 0.15) is 0 Å². The molecule has 0 atom stereocenters. The molecule has 118 valence electrons. The highest BCUT2D eigenvalue weighted by Gasteiger charge is 2.09. The summed E-state index contributed by atoms with van der Waals surface area (Å²) in [5, 5.41) is 5.01. The molecule has 7 heteroatoms. The average Bonchev–Trinajstić information content (AvgIpc) is 2.44. The van der Waals surface area contributed by atoms with Gasteiger partial charge in [-0.1, -0.05) is 17.7 Å². The van der Waals surface area contributed by atoms with Crippen LogP contribution in [0.2, 0.25) is 0 Å². The SMILES string of the molecule is CC(C)=CC(=O)OCC(=O)NCC(=O)Nc1ccccc1Br. The van der Waals surface area contributed by atoms with Crippen LogP contribution in [0.1, 0.15) is 13.8 Å². The van der Waals surface area contributed by atoms with Crippen LogP contribution in [0.5, 0.6) is 0 Å². The minimum absolute atomic E-state index is 0.208. The van der Waals surface area contributed by atoms with E-state index in [0.29, 0.717) is 5.69 Å². The number of nitrogens with one attached hydrogen (secondary N) is 2. The smallest absolute Gasteiger partial charge is 0.331 e. The summed E-state index contributed by atoms with van der Waals surface area (Å²) >= 11 is 3.30. The van der Waals surface area contributed by atoms with Gasteiger partial charge in [0.15, 0.2) is 6.61 Å². The van der Waals surface area contributed by atoms with E-state index < -0.39 is 18.5 Å². The van der Waals surface area contributed by atoms with Gasteiger partial charge in [-0.3, -0.25) is 9.59 Å². The Bertz CT molecular complexity index is 595. The first-order valence-corrected chi connectivity index (χ1v) is 7.30. The van der Waals surface area contributed by atoms with E-state index in [0.717, 1.165) is 10.0 Å². The Balaban J connectivity index is 2.32. The van der Waals surface area contributed by atoms with E-state index in [2.05, 4.69) is 26.6 Å². The van der Waals surface area contributed by atoms with Crippen LogP contribution in [-0.2, 0) is 19.1 Å². The number of allylic oxidation sites excluding steroid dienone is 1. The lowest BCUT2D eigenvalue weighted by Crippen LogP contribution is -2.35. The van der Waals surface area contributed by atoms with Gasteiger partial charge < -0.3 is 15.4 Å². The molecular weight excluding hydrogens is 352 g/mol. The molecule has 2 amide bonds. The monoisotopic (exact) mass is 368 g/mol. The van der Waals surface area contributed by atoms with Crippen molar-refractivity contribution in [3.8, 4) is 0 Å². The Kier molecular flexibility index (Phi) is 7.31. The third kappa shape index (κ3) is 7.03. The van der Waals surface area contributed by atoms with Crippen molar-refractivity contribution in [1.29, 1.82) is 0 Å². The highest BCUT2D eigenvalue weighted by Crippen LogP contribution is 2.20. The maximum Gasteiger partial charge on any atom is 0.331 e. The van der Waals surface area contributed by atoms with Crippen molar-refractivity contribution in [2.24, 2.45) is 0 Å². The van der Waals surface area contributed by atoms with E-state index in [4.69, 9.17) is 4.74 Å². The lowest BCUT2D eigenvalue weighted by molar-refractivity contribution is -0.144. The lowest BCUT2D eigenvalue weighted by Gasteiger charge is -2.08. The van der Waals surface area contributed by atoms with Crippen LogP contribution in [0, 0.1) is 0 Å². The maximum atomic E-state index is 11.7. The second kappa shape index (κ2) is 8.99. The summed E-state index contributed by atoms with van der Waals surface area (Å²) in [6.45, 7) is 2.85. The zero-order valence-electron chi connectivity index (χ0n) is 12.3. The molecule has 1 aromatic carbocycles. The van der Waals surface area contributed by atoms with Crippen LogP contribution in [0.15, 0.2) is 40.4 Å². The maximum absolute atomic E-state index is 11.7. The molecule has 0 saturated heterocycles. The third-order valence-electron chi connectivity index (χ3n) is 2.35. The van der Waals surface area contributed by atoms with Gasteiger partial charge >= 0.3 is 5.97 Å². The topological polar surface area (TPSA) is 84.5 Å². The Labute approximate surface area is 137 Å². The van der Waals surface area contributed by atoms with E-state index >= 15 is 0 Å². The number of para-hydroxylation sites is 1. The number of anilines is 1. The molecule has 0 saturated carbocycles. The molecule has 1 rings (SSSR count). The summed E-state index contributed by atoms with van der Waals surface area (Å²) in [5.74, 6) is -1.51. The van der Waals surface area contributed by atoms with Gasteiger partial charge in [0.05, 0.1) is 12.2 Å². The number of esters is 1. The van der Waals surface area contributed by atoms with E-state index in [1.807, 2.05) is 6.07 Å². The minimum Gasteiger partial charge on any atom is -0.452 e. The second-order valence-corrected chi connectivity index (χ2v) is 5.49. The molecule has 22 heavy (non-hydrogen) atoms. The van der Waals surface area contributed by atoms with Crippen molar-refractivity contribution in [2.75, 3.05) is 18.5 Å². The fourth-order valence-corrected chi connectivity index (χ4v) is 1.78. The van der Waals surface area contributed by atoms with Crippen molar-refractivity contribution in [3.05, 3.63) is 40.4 Å². The molecule has 0 aliphatic carbocycles. The number of benzene rings is 1. The van der Waals surface area contributed by atoms with Crippen molar-refractivity contribution >= 4 is 39.4 Å². The summed E-state index contributed by atoms with van der Waals surface area (Å²) < 4.78 is 5.46. The van der Waals surface area contributed by atoms with Crippen molar-refractivity contribution in [2.45, 2.75) is 13.8 Å². The van der Waals surface area contributed by atoms with Crippen LogP contribution >= 0.6 is 15.9 Å². The zero-order valence-corrected chi connectivity index (χ0v) is 13.9. The van der Waals surface area contributed by atoms with Gasteiger partial charge in [0, 0.05) is 10.5 Å². The predicted molar refractivity (Wildman–Crippen MR) is 86.2 cm³/mol. The molecular formula is C15H17BrN2O4. The van der Waals surface area contributed by atoms with Crippen LogP contribution in [-0.4, -0.2) is 30.9 Å². The van der Waals surface area contributed by atoms with E-state index in [1.165, 1.54) is 6.08 Å². The number of amides is 2. The predicted octanol–water partition coefficient (Wildman–Crippen LogP) is 2.01. The number of rotatable bonds is 6. The molecule has 0 radical (unpaired) electrons. The quantitative estimate of drug-likeness (QED) is 0.594. The van der Waals surface area contributed by atoms with Gasteiger partial charge in [-0.05, 0) is 41.9 Å². The third-order valence-corrected chi connectivity index (χ3v) is 3.04. The normalized spacial score (nSPS) is 9.59. The number of hydrogen-bond donors (Lipinski definition) is 2. The first-order valence-electron chi connectivity index (χ1n) is 6.51. The van der Waals surface area contributed by atoms with E-state index in [1.54, 1.807) is 32.0 Å². The largest absolute Gasteiger partial charge is 0.452 e. The molecule has 1 aromatic rings. The molecule has 0 unspecified atom stereocenters. The Morgan fingerprint density at radius 1 is 1.18 bits per heavy atom. The Morgan fingerprint density at radius 2 is 1.86 bits per heavy atom. The van der Waals surface area contributed by atoms with Crippen LogP contribution in [0.25, 0.3) is 0 Å². The highest BCUT2D eigenvalue weighted by molar-refractivity contribution is 9.10. The minimum atomic E-state index is -0.590. The van der Waals surface area contributed by atoms with Crippen molar-refractivity contribution < 1.29 is 19.1 Å². The first kappa shape index (κ1) is 17.9. The standard InChI is InChI=1S/C15H17BrN2O4/c1-10(2)7-15(21)22-9-14(20)17-8-13(19)18-12-6-4-3-5-11(12)16/h3-7H,8-9H2,1-2H3,(H,17,20)(H,18,19). The van der Waals surface area contributed by atoms with Crippen LogP contribution in [0.4, 0.5) is 5.69 Å². The Morgan fingerprint density at radius 3 is 2.50 bits per heavy atom. The van der Waals surface area contributed by atoms with Gasteiger partial charge in [-0.25, -0.2) is 4.79 Å². The van der Waals surface area contributed by atoms with Gasteiger partial charge in [-0.2, -0.15) is 0 Å². The summed E-state index contributed by atoms with van der Waals surface area (Å²) in [6, 6.07) is 7.12. The number of carbonyl (C=O) groups excluding carboxylic acids is 3. The molecule has 6 nitrogen and oxygen atoms in total. The lowest BCUT2D eigenvalue weighted by atomic mass is 10.3. The summed E-state index contributed by atoms with van der Waals surface area (Å²) in [7, 11) is 0. The van der Waals surface area contributed by atoms with Gasteiger partial charge in [-0.15, -0.1) is 0 Å². The summed E-state index contributed by atoms with van der Waals surface area (Å²) in [5.41, 5.74) is 1.38. The molecule has 0 heterocycles. The van der Waals surface area contributed by atoms with Gasteiger partial charge in [0.2, 0.25) is 5.91 Å². The first-order chi connectivity index (χ1) is 10.4. The zero-order chi connectivity index (χ0) is 16.5. The molecule has 2 N–H and O–H groups in total. The molecule has 0 fully saturated rings. The highest BCUT2D eigenvalue weighted by atomic mass is 79.9. The Hall–Kier alpha value is -2.15. The van der Waals surface area contributed by atoms with Crippen LogP contribution in [0.3, 0.4) is 0 Å². The average molecular weight is 369 g/mol. The number of halogens is 1. The van der Waals surface area contributed by atoms with E-state index in [9.17, 15) is 14.4 Å². The summed E-state index contributed by atoms with van der Waals surface area (Å²) in [4.78, 5) is 34.4. The van der Waals surface area contributed by atoms with Crippen molar-refractivity contribution in [1.82, 2.24) is 5.32 Å². The molecule has 0 spiro atoms. The fourth-order valence-electron chi connectivity index (χ4n) is 1.40. The fraction of sp³-hybridized carbons (Fsp3) is 0.267. The number of hydrogen-bond acceptors (Lipinski definition) is 4. The molecule has 0 aromatic heterocycles. The molecule has 0 aliphatic heterocycles. The van der Waals surface area contributed by atoms with Crippen molar-refractivity contribution in [3.63, 3.8) is 0 Å². The summed E-state index contributed by atoms with van der Waals surface area (Å²) in [6.07, 6.45) is 1.28. The van der Waals surface area contributed by atoms with E-state index in [-0.39, 0.29) is 12.5 Å². The van der Waals surface area contributed by atoms with Crippen LogP contribution < -0.4 is 10.6 Å².